The molecule has 0 spiro atoms. The zero-order valence-corrected chi connectivity index (χ0v) is 16.5. The molecule has 0 saturated heterocycles. The van der Waals surface area contributed by atoms with Gasteiger partial charge >= 0.3 is 0 Å². The second kappa shape index (κ2) is 10.2. The summed E-state index contributed by atoms with van der Waals surface area (Å²) in [5.74, 6) is 0.742. The number of hydrogen-bond acceptors (Lipinski definition) is 5. The highest BCUT2D eigenvalue weighted by atomic mass is 19.1. The maximum atomic E-state index is 13.0. The van der Waals surface area contributed by atoms with Gasteiger partial charge in [-0.3, -0.25) is 14.2 Å². The first-order chi connectivity index (χ1) is 14.5. The Kier molecular flexibility index (Phi) is 7.15. The van der Waals surface area contributed by atoms with Crippen molar-refractivity contribution < 1.29 is 18.7 Å². The van der Waals surface area contributed by atoms with Crippen molar-refractivity contribution in [3.63, 3.8) is 0 Å². The maximum absolute atomic E-state index is 13.0. The van der Waals surface area contributed by atoms with Crippen LogP contribution in [0.15, 0.2) is 65.7 Å². The Morgan fingerprint density at radius 1 is 1.07 bits per heavy atom. The fourth-order valence-electron chi connectivity index (χ4n) is 2.69. The number of benzene rings is 2. The molecule has 3 rings (SSSR count). The van der Waals surface area contributed by atoms with E-state index in [2.05, 4.69) is 10.3 Å². The van der Waals surface area contributed by atoms with Gasteiger partial charge in [0.25, 0.3) is 5.56 Å². The topological polar surface area (TPSA) is 82.4 Å². The first-order valence-electron chi connectivity index (χ1n) is 9.50. The summed E-state index contributed by atoms with van der Waals surface area (Å²) in [4.78, 5) is 28.5. The van der Waals surface area contributed by atoms with Crippen molar-refractivity contribution in [2.24, 2.45) is 0 Å². The van der Waals surface area contributed by atoms with E-state index in [9.17, 15) is 14.0 Å². The highest BCUT2D eigenvalue weighted by Crippen LogP contribution is 2.17. The van der Waals surface area contributed by atoms with Crippen molar-refractivity contribution in [3.8, 4) is 22.8 Å². The third-order valence-electron chi connectivity index (χ3n) is 4.16. The quantitative estimate of drug-likeness (QED) is 0.548. The highest BCUT2D eigenvalue weighted by molar-refractivity contribution is 5.75. The average Bonchev–Trinajstić information content (AvgIpc) is 2.75. The third kappa shape index (κ3) is 5.91. The van der Waals surface area contributed by atoms with Gasteiger partial charge in [0.05, 0.1) is 25.2 Å². The smallest absolute Gasteiger partial charge is 0.254 e. The molecule has 0 aliphatic carbocycles. The molecule has 7 nitrogen and oxygen atoms in total. The average molecular weight is 411 g/mol. The van der Waals surface area contributed by atoms with Crippen LogP contribution in [0.2, 0.25) is 0 Å². The largest absolute Gasteiger partial charge is 0.494 e. The molecule has 0 fully saturated rings. The number of halogens is 1. The summed E-state index contributed by atoms with van der Waals surface area (Å²) in [6, 6.07) is 14.2. The highest BCUT2D eigenvalue weighted by Gasteiger charge is 2.07. The van der Waals surface area contributed by atoms with E-state index in [1.54, 1.807) is 24.3 Å². The molecule has 0 aliphatic heterocycles. The number of amides is 1. The van der Waals surface area contributed by atoms with Crippen molar-refractivity contribution in [2.75, 3.05) is 19.8 Å². The zero-order chi connectivity index (χ0) is 21.3. The lowest BCUT2D eigenvalue weighted by atomic mass is 10.1. The van der Waals surface area contributed by atoms with E-state index in [-0.39, 0.29) is 30.4 Å². The van der Waals surface area contributed by atoms with E-state index in [0.717, 1.165) is 5.75 Å². The van der Waals surface area contributed by atoms with E-state index < -0.39 is 0 Å². The molecule has 3 aromatic rings. The lowest BCUT2D eigenvalue weighted by Crippen LogP contribution is -2.34. The van der Waals surface area contributed by atoms with E-state index >= 15 is 0 Å². The molecule has 0 radical (unpaired) electrons. The molecule has 1 amide bonds. The summed E-state index contributed by atoms with van der Waals surface area (Å²) in [5.41, 5.74) is 0.669. The molecule has 0 bridgehead atoms. The fraction of sp³-hybridized carbons (Fsp3) is 0.227. The second-order valence-electron chi connectivity index (χ2n) is 6.35. The number of nitrogens with zero attached hydrogens (tertiary/aromatic N) is 2. The van der Waals surface area contributed by atoms with Crippen molar-refractivity contribution in [2.45, 2.75) is 13.5 Å². The van der Waals surface area contributed by atoms with Crippen LogP contribution in [0, 0.1) is 5.82 Å². The number of nitrogens with one attached hydrogen (secondary N) is 1. The van der Waals surface area contributed by atoms with Gasteiger partial charge in [-0.1, -0.05) is 0 Å². The Bertz CT molecular complexity index is 1030. The molecule has 1 aromatic heterocycles. The van der Waals surface area contributed by atoms with Crippen LogP contribution in [0.3, 0.4) is 0 Å². The molecule has 0 aliphatic rings. The Labute approximate surface area is 173 Å². The van der Waals surface area contributed by atoms with Gasteiger partial charge < -0.3 is 14.8 Å². The van der Waals surface area contributed by atoms with Gasteiger partial charge in [0, 0.05) is 11.6 Å². The number of ether oxygens (including phenoxy) is 2. The Hall–Kier alpha value is -3.68. The molecular weight excluding hydrogens is 389 g/mol. The summed E-state index contributed by atoms with van der Waals surface area (Å²) in [6.45, 7) is 2.94. The van der Waals surface area contributed by atoms with Gasteiger partial charge in [-0.2, -0.15) is 0 Å². The Morgan fingerprint density at radius 2 is 1.73 bits per heavy atom. The number of carbonyl (C=O) groups is 1. The van der Waals surface area contributed by atoms with Gasteiger partial charge in [0.15, 0.2) is 0 Å². The van der Waals surface area contributed by atoms with Crippen LogP contribution in [-0.2, 0) is 11.3 Å². The first kappa shape index (κ1) is 21.0. The molecule has 8 heteroatoms. The van der Waals surface area contributed by atoms with E-state index in [0.29, 0.717) is 30.2 Å². The summed E-state index contributed by atoms with van der Waals surface area (Å²) >= 11 is 0. The van der Waals surface area contributed by atoms with Crippen LogP contribution in [0.5, 0.6) is 11.5 Å². The molecule has 0 atom stereocenters. The van der Waals surface area contributed by atoms with Gasteiger partial charge in [0.2, 0.25) is 5.91 Å². The predicted octanol–water partition coefficient (Wildman–Crippen LogP) is 2.64. The molecule has 0 unspecified atom stereocenters. The van der Waals surface area contributed by atoms with Gasteiger partial charge in [-0.25, -0.2) is 9.37 Å². The van der Waals surface area contributed by atoms with Gasteiger partial charge in [-0.15, -0.1) is 0 Å². The SMILES string of the molecule is CCOc1ccc(OCCNC(=O)Cn2cnc(-c3ccc(F)cc3)cc2=O)cc1. The fourth-order valence-corrected chi connectivity index (χ4v) is 2.69. The molecule has 30 heavy (non-hydrogen) atoms. The number of hydrogen-bond donors (Lipinski definition) is 1. The van der Waals surface area contributed by atoms with Gasteiger partial charge in [0.1, 0.15) is 30.5 Å². The van der Waals surface area contributed by atoms with Crippen molar-refractivity contribution in [1.29, 1.82) is 0 Å². The monoisotopic (exact) mass is 411 g/mol. The molecule has 2 aromatic carbocycles. The summed E-state index contributed by atoms with van der Waals surface area (Å²) in [5, 5.41) is 2.70. The Morgan fingerprint density at radius 3 is 2.37 bits per heavy atom. The first-order valence-corrected chi connectivity index (χ1v) is 9.50. The van der Waals surface area contributed by atoms with Crippen LogP contribution < -0.4 is 20.3 Å². The molecule has 0 saturated carbocycles. The molecule has 1 heterocycles. The predicted molar refractivity (Wildman–Crippen MR) is 110 cm³/mol. The van der Waals surface area contributed by atoms with Crippen LogP contribution in [0.4, 0.5) is 4.39 Å². The number of carbonyl (C=O) groups excluding carboxylic acids is 1. The molecular formula is C22H22FN3O4. The van der Waals surface area contributed by atoms with Crippen LogP contribution in [-0.4, -0.2) is 35.2 Å². The Balaban J connectivity index is 1.46. The standard InChI is InChI=1S/C22H22FN3O4/c1-2-29-18-7-9-19(10-8-18)30-12-11-24-21(27)14-26-15-25-20(13-22(26)28)16-3-5-17(23)6-4-16/h3-10,13,15H,2,11-12,14H2,1H3,(H,24,27). The second-order valence-corrected chi connectivity index (χ2v) is 6.35. The zero-order valence-electron chi connectivity index (χ0n) is 16.5. The van der Waals surface area contributed by atoms with Crippen LogP contribution >= 0.6 is 0 Å². The van der Waals surface area contributed by atoms with Crippen molar-refractivity contribution in [3.05, 3.63) is 77.1 Å². The van der Waals surface area contributed by atoms with Gasteiger partial charge in [-0.05, 0) is 55.5 Å². The number of aromatic nitrogens is 2. The lowest BCUT2D eigenvalue weighted by Gasteiger charge is -2.10. The van der Waals surface area contributed by atoms with Crippen LogP contribution in [0.25, 0.3) is 11.3 Å². The summed E-state index contributed by atoms with van der Waals surface area (Å²) in [6.07, 6.45) is 1.30. The van der Waals surface area contributed by atoms with E-state index in [1.165, 1.54) is 29.1 Å². The van der Waals surface area contributed by atoms with E-state index in [1.807, 2.05) is 19.1 Å². The normalized spacial score (nSPS) is 10.5. The minimum atomic E-state index is -0.370. The van der Waals surface area contributed by atoms with Crippen LogP contribution in [0.1, 0.15) is 6.92 Å². The lowest BCUT2D eigenvalue weighted by molar-refractivity contribution is -0.121. The molecule has 1 N–H and O–H groups in total. The van der Waals surface area contributed by atoms with Crippen molar-refractivity contribution in [1.82, 2.24) is 14.9 Å². The summed E-state index contributed by atoms with van der Waals surface area (Å²) < 4.78 is 25.1. The number of rotatable bonds is 9. The summed E-state index contributed by atoms with van der Waals surface area (Å²) in [7, 11) is 0. The van der Waals surface area contributed by atoms with E-state index in [4.69, 9.17) is 9.47 Å². The van der Waals surface area contributed by atoms with Crippen molar-refractivity contribution >= 4 is 5.91 Å². The molecule has 156 valence electrons. The maximum Gasteiger partial charge on any atom is 0.254 e. The minimum Gasteiger partial charge on any atom is -0.494 e. The minimum absolute atomic E-state index is 0.154. The third-order valence-corrected chi connectivity index (χ3v) is 4.16.